The molecular formula is C6H7N2O. The second-order valence-corrected chi connectivity index (χ2v) is 1.64. The summed E-state index contributed by atoms with van der Waals surface area (Å²) in [6.45, 7) is 3.50. The molecule has 3 heteroatoms. The van der Waals surface area contributed by atoms with Crippen molar-refractivity contribution in [1.82, 2.24) is 9.97 Å². The standard InChI is InChI=1S/C6H7N2O/c1-2-3-5-6(9)8-4-7-5/h2,9H,1,3H2,(H,7,8). The summed E-state index contributed by atoms with van der Waals surface area (Å²) in [6.07, 6.45) is 4.66. The van der Waals surface area contributed by atoms with E-state index in [4.69, 9.17) is 5.11 Å². The van der Waals surface area contributed by atoms with Gasteiger partial charge in [-0.2, -0.15) is 0 Å². The van der Waals surface area contributed by atoms with Crippen LogP contribution in [-0.4, -0.2) is 15.1 Å². The summed E-state index contributed by atoms with van der Waals surface area (Å²) in [5, 5.41) is 8.88. The van der Waals surface area contributed by atoms with Gasteiger partial charge in [0.2, 0.25) is 5.88 Å². The first-order valence-electron chi connectivity index (χ1n) is 2.59. The van der Waals surface area contributed by atoms with Gasteiger partial charge in [0.1, 0.15) is 5.69 Å². The summed E-state index contributed by atoms with van der Waals surface area (Å²) in [5.74, 6) is 0.0786. The molecule has 1 radical (unpaired) electrons. The minimum absolute atomic E-state index is 0.0786. The van der Waals surface area contributed by atoms with Crippen molar-refractivity contribution in [2.24, 2.45) is 0 Å². The quantitative estimate of drug-likeness (QED) is 0.567. The van der Waals surface area contributed by atoms with Crippen molar-refractivity contribution in [3.8, 4) is 5.88 Å². The number of imidazole rings is 1. The SMILES string of the molecule is C=CCc1n[c][nH]c1O. The molecule has 0 aliphatic rings. The molecule has 0 bridgehead atoms. The van der Waals surface area contributed by atoms with Gasteiger partial charge in [-0.3, -0.25) is 0 Å². The fourth-order valence-corrected chi connectivity index (χ4v) is 0.553. The third-order valence-corrected chi connectivity index (χ3v) is 0.976. The number of allylic oxidation sites excluding steroid dienone is 1. The topological polar surface area (TPSA) is 48.9 Å². The smallest absolute Gasteiger partial charge is 0.212 e. The molecule has 0 fully saturated rings. The van der Waals surface area contributed by atoms with Gasteiger partial charge in [-0.05, 0) is 0 Å². The summed E-state index contributed by atoms with van der Waals surface area (Å²) in [4.78, 5) is 6.13. The lowest BCUT2D eigenvalue weighted by molar-refractivity contribution is 0.450. The predicted molar refractivity (Wildman–Crippen MR) is 33.0 cm³/mol. The normalized spacial score (nSPS) is 9.33. The van der Waals surface area contributed by atoms with Crippen molar-refractivity contribution in [2.45, 2.75) is 6.42 Å². The molecule has 0 atom stereocenters. The summed E-state index contributed by atoms with van der Waals surface area (Å²) >= 11 is 0. The number of aromatic hydroxyl groups is 1. The Balaban J connectivity index is 2.80. The Kier molecular flexibility index (Phi) is 1.53. The van der Waals surface area contributed by atoms with E-state index in [1.165, 1.54) is 0 Å². The molecule has 47 valence electrons. The van der Waals surface area contributed by atoms with Crippen molar-refractivity contribution in [3.05, 3.63) is 24.7 Å². The van der Waals surface area contributed by atoms with E-state index >= 15 is 0 Å². The molecule has 1 heterocycles. The molecule has 0 saturated heterocycles. The van der Waals surface area contributed by atoms with E-state index in [0.29, 0.717) is 12.1 Å². The van der Waals surface area contributed by atoms with Crippen LogP contribution in [0.4, 0.5) is 0 Å². The van der Waals surface area contributed by atoms with Crippen LogP contribution in [0.2, 0.25) is 0 Å². The second kappa shape index (κ2) is 2.35. The van der Waals surface area contributed by atoms with E-state index in [1.807, 2.05) is 0 Å². The van der Waals surface area contributed by atoms with Crippen LogP contribution in [0, 0.1) is 6.33 Å². The van der Waals surface area contributed by atoms with Gasteiger partial charge in [0.15, 0.2) is 6.33 Å². The average molecular weight is 123 g/mol. The Morgan fingerprint density at radius 1 is 1.89 bits per heavy atom. The highest BCUT2D eigenvalue weighted by Crippen LogP contribution is 2.09. The number of aromatic nitrogens is 2. The third kappa shape index (κ3) is 1.10. The van der Waals surface area contributed by atoms with Gasteiger partial charge >= 0.3 is 0 Å². The molecule has 0 spiro atoms. The monoisotopic (exact) mass is 123 g/mol. The van der Waals surface area contributed by atoms with Gasteiger partial charge in [-0.1, -0.05) is 6.08 Å². The predicted octanol–water partition coefficient (Wildman–Crippen LogP) is 0.644. The molecule has 9 heavy (non-hydrogen) atoms. The molecular weight excluding hydrogens is 116 g/mol. The maximum Gasteiger partial charge on any atom is 0.212 e. The van der Waals surface area contributed by atoms with Crippen LogP contribution in [0.15, 0.2) is 12.7 Å². The number of nitrogens with one attached hydrogen (secondary N) is 1. The fourth-order valence-electron chi connectivity index (χ4n) is 0.553. The van der Waals surface area contributed by atoms with Gasteiger partial charge in [0.05, 0.1) is 0 Å². The van der Waals surface area contributed by atoms with Crippen LogP contribution >= 0.6 is 0 Å². The Hall–Kier alpha value is -1.25. The lowest BCUT2D eigenvalue weighted by atomic mass is 10.3. The van der Waals surface area contributed by atoms with Gasteiger partial charge in [0, 0.05) is 6.42 Å². The Morgan fingerprint density at radius 3 is 3.11 bits per heavy atom. The number of nitrogens with zero attached hydrogens (tertiary/aromatic N) is 1. The van der Waals surface area contributed by atoms with Gasteiger partial charge in [-0.15, -0.1) is 6.58 Å². The van der Waals surface area contributed by atoms with Crippen LogP contribution in [0.25, 0.3) is 0 Å². The van der Waals surface area contributed by atoms with E-state index in [1.54, 1.807) is 6.08 Å². The van der Waals surface area contributed by atoms with Crippen molar-refractivity contribution < 1.29 is 5.11 Å². The minimum Gasteiger partial charge on any atom is -0.493 e. The van der Waals surface area contributed by atoms with Gasteiger partial charge in [-0.25, -0.2) is 4.98 Å². The summed E-state index contributed by atoms with van der Waals surface area (Å²) in [7, 11) is 0. The molecule has 1 rings (SSSR count). The molecule has 1 aromatic heterocycles. The molecule has 0 amide bonds. The minimum atomic E-state index is 0.0786. The molecule has 0 aliphatic carbocycles. The summed E-state index contributed by atoms with van der Waals surface area (Å²) < 4.78 is 0. The van der Waals surface area contributed by atoms with E-state index in [0.717, 1.165) is 0 Å². The van der Waals surface area contributed by atoms with Crippen LogP contribution in [0.5, 0.6) is 5.88 Å². The second-order valence-electron chi connectivity index (χ2n) is 1.64. The van der Waals surface area contributed by atoms with Crippen molar-refractivity contribution in [2.75, 3.05) is 0 Å². The highest BCUT2D eigenvalue weighted by atomic mass is 16.3. The zero-order chi connectivity index (χ0) is 6.69. The molecule has 0 saturated carbocycles. The van der Waals surface area contributed by atoms with Crippen molar-refractivity contribution in [3.63, 3.8) is 0 Å². The average Bonchev–Trinajstić information content (AvgIpc) is 2.18. The third-order valence-electron chi connectivity index (χ3n) is 0.976. The van der Waals surface area contributed by atoms with Crippen LogP contribution in [0.3, 0.4) is 0 Å². The van der Waals surface area contributed by atoms with Gasteiger partial charge in [0.25, 0.3) is 0 Å². The number of aromatic amines is 1. The summed E-state index contributed by atoms with van der Waals surface area (Å²) in [5.41, 5.74) is 0.588. The first-order valence-corrected chi connectivity index (χ1v) is 2.59. The molecule has 0 unspecified atom stereocenters. The maximum atomic E-state index is 8.88. The largest absolute Gasteiger partial charge is 0.493 e. The van der Waals surface area contributed by atoms with Gasteiger partial charge < -0.3 is 10.1 Å². The lowest BCUT2D eigenvalue weighted by Crippen LogP contribution is -1.78. The number of H-pyrrole nitrogens is 1. The van der Waals surface area contributed by atoms with E-state index < -0.39 is 0 Å². The molecule has 0 aromatic carbocycles. The van der Waals surface area contributed by atoms with Crippen LogP contribution < -0.4 is 0 Å². The number of hydrogen-bond donors (Lipinski definition) is 2. The maximum absolute atomic E-state index is 8.88. The molecule has 1 aromatic rings. The van der Waals surface area contributed by atoms with Crippen molar-refractivity contribution >= 4 is 0 Å². The Bertz CT molecular complexity index is 205. The molecule has 0 aliphatic heterocycles. The van der Waals surface area contributed by atoms with Crippen LogP contribution in [0.1, 0.15) is 5.69 Å². The highest BCUT2D eigenvalue weighted by Gasteiger charge is 1.98. The number of hydrogen-bond acceptors (Lipinski definition) is 2. The highest BCUT2D eigenvalue weighted by molar-refractivity contribution is 5.17. The Morgan fingerprint density at radius 2 is 2.67 bits per heavy atom. The van der Waals surface area contributed by atoms with Crippen molar-refractivity contribution in [1.29, 1.82) is 0 Å². The molecule has 2 N–H and O–H groups in total. The van der Waals surface area contributed by atoms with E-state index in [9.17, 15) is 0 Å². The van der Waals surface area contributed by atoms with Crippen LogP contribution in [-0.2, 0) is 6.42 Å². The lowest BCUT2D eigenvalue weighted by Gasteiger charge is -1.86. The fraction of sp³-hybridized carbons (Fsp3) is 0.167. The Labute approximate surface area is 53.1 Å². The summed E-state index contributed by atoms with van der Waals surface area (Å²) in [6, 6.07) is 0. The zero-order valence-electron chi connectivity index (χ0n) is 4.89. The first kappa shape index (κ1) is 5.88. The first-order chi connectivity index (χ1) is 4.34. The van der Waals surface area contributed by atoms with E-state index in [2.05, 4.69) is 22.9 Å². The van der Waals surface area contributed by atoms with E-state index in [-0.39, 0.29) is 5.88 Å². The number of rotatable bonds is 2. The molecule has 3 nitrogen and oxygen atoms in total. The zero-order valence-corrected chi connectivity index (χ0v) is 4.89.